The molecule has 0 bridgehead atoms. The fourth-order valence-electron chi connectivity index (χ4n) is 3.57. The Hall–Kier alpha value is -3.36. The Morgan fingerprint density at radius 2 is 1.87 bits per heavy atom. The fourth-order valence-corrected chi connectivity index (χ4v) is 3.57. The van der Waals surface area contributed by atoms with Gasteiger partial charge in [-0.25, -0.2) is 4.98 Å². The number of hydrogen-bond donors (Lipinski definition) is 4. The number of amides is 1. The van der Waals surface area contributed by atoms with Crippen molar-refractivity contribution in [1.82, 2.24) is 24.9 Å². The van der Waals surface area contributed by atoms with Gasteiger partial charge >= 0.3 is 0 Å². The molecule has 3 aromatic rings. The van der Waals surface area contributed by atoms with E-state index in [4.69, 9.17) is 0 Å². The quantitative estimate of drug-likeness (QED) is 0.500. The number of hydrogen-bond acceptors (Lipinski definition) is 6. The van der Waals surface area contributed by atoms with Crippen LogP contribution in [-0.4, -0.2) is 38.6 Å². The van der Waals surface area contributed by atoms with Crippen molar-refractivity contribution in [2.75, 3.05) is 17.7 Å². The lowest BCUT2D eigenvalue weighted by atomic mass is 10.0. The van der Waals surface area contributed by atoms with Crippen molar-refractivity contribution in [3.8, 4) is 0 Å². The average Bonchev–Trinajstić information content (AvgIpc) is 3.51. The van der Waals surface area contributed by atoms with Crippen LogP contribution in [-0.2, 0) is 0 Å². The number of aromatic nitrogens is 4. The Labute approximate surface area is 180 Å². The van der Waals surface area contributed by atoms with E-state index in [1.165, 1.54) is 44.7 Å². The Morgan fingerprint density at radius 1 is 1.16 bits per heavy atom. The molecule has 3 heterocycles. The maximum atomic E-state index is 12.4. The maximum Gasteiger partial charge on any atom is 0.271 e. The van der Waals surface area contributed by atoms with Crippen LogP contribution in [0, 0.1) is 0 Å². The fraction of sp³-hybridized carbons (Fsp3) is 0.455. The van der Waals surface area contributed by atoms with Gasteiger partial charge in [-0.1, -0.05) is 38.5 Å². The summed E-state index contributed by atoms with van der Waals surface area (Å²) >= 11 is 0. The first-order valence-corrected chi connectivity index (χ1v) is 11.0. The normalized spacial score (nSPS) is 15.6. The van der Waals surface area contributed by atoms with Crippen LogP contribution < -0.4 is 21.5 Å². The number of nitrogens with one attached hydrogen (secondary N) is 4. The van der Waals surface area contributed by atoms with E-state index in [1.807, 2.05) is 0 Å². The molecule has 4 N–H and O–H groups in total. The highest BCUT2D eigenvalue weighted by Gasteiger charge is 2.26. The second-order valence-corrected chi connectivity index (χ2v) is 7.98. The summed E-state index contributed by atoms with van der Waals surface area (Å²) in [6.45, 7) is 0. The minimum absolute atomic E-state index is 0.193. The number of carbonyl (C=O) groups excluding carboxylic acids is 1. The van der Waals surface area contributed by atoms with Gasteiger partial charge in [0.2, 0.25) is 0 Å². The molecule has 2 aliphatic carbocycles. The lowest BCUT2D eigenvalue weighted by molar-refractivity contribution is 0.0952. The molecule has 0 aliphatic heterocycles. The number of H-pyrrole nitrogens is 1. The van der Waals surface area contributed by atoms with Gasteiger partial charge in [-0.15, -0.1) is 0 Å². The smallest absolute Gasteiger partial charge is 0.271 e. The zero-order valence-corrected chi connectivity index (χ0v) is 17.8. The van der Waals surface area contributed by atoms with Crippen LogP contribution in [0.25, 0.3) is 5.65 Å². The third-order valence-corrected chi connectivity index (χ3v) is 5.47. The van der Waals surface area contributed by atoms with Gasteiger partial charge in [0, 0.05) is 25.4 Å². The zero-order chi connectivity index (χ0) is 21.6. The molecule has 0 radical (unpaired) electrons. The molecule has 0 unspecified atom stereocenters. The van der Waals surface area contributed by atoms with Crippen molar-refractivity contribution >= 4 is 28.9 Å². The predicted octanol–water partition coefficient (Wildman–Crippen LogP) is 3.44. The Balaban J connectivity index is 0.000000334. The molecule has 2 saturated carbocycles. The zero-order valence-electron chi connectivity index (χ0n) is 17.8. The van der Waals surface area contributed by atoms with Crippen LogP contribution in [0.3, 0.4) is 0 Å². The second kappa shape index (κ2) is 9.63. The van der Waals surface area contributed by atoms with E-state index in [0.717, 1.165) is 12.8 Å². The third-order valence-electron chi connectivity index (χ3n) is 5.47. The number of fused-ring (bicyclic) bond motifs is 1. The number of nitrogens with zero attached hydrogens (tertiary/aromatic N) is 3. The van der Waals surface area contributed by atoms with Gasteiger partial charge in [0.15, 0.2) is 5.65 Å². The molecule has 2 fully saturated rings. The highest BCUT2D eigenvalue weighted by molar-refractivity contribution is 6.00. The number of rotatable bonds is 5. The highest BCUT2D eigenvalue weighted by atomic mass is 16.2. The van der Waals surface area contributed by atoms with E-state index in [1.54, 1.807) is 36.0 Å². The summed E-state index contributed by atoms with van der Waals surface area (Å²) in [5.74, 6) is 0.890. The summed E-state index contributed by atoms with van der Waals surface area (Å²) in [5, 5.41) is 13.2. The Morgan fingerprint density at radius 3 is 2.48 bits per heavy atom. The van der Waals surface area contributed by atoms with E-state index in [9.17, 15) is 9.59 Å². The Bertz CT molecular complexity index is 1090. The van der Waals surface area contributed by atoms with Gasteiger partial charge in [0.05, 0.1) is 6.20 Å². The molecule has 1 amide bonds. The average molecular weight is 424 g/mol. The first-order chi connectivity index (χ1) is 15.2. The number of pyridine rings is 1. The Kier molecular flexibility index (Phi) is 6.49. The first kappa shape index (κ1) is 20.9. The molecule has 9 heteroatoms. The third kappa shape index (κ3) is 5.22. The minimum Gasteiger partial charge on any atom is -0.373 e. The van der Waals surface area contributed by atoms with Gasteiger partial charge in [-0.3, -0.25) is 9.59 Å². The minimum atomic E-state index is -0.254. The van der Waals surface area contributed by atoms with Gasteiger partial charge < -0.3 is 20.9 Å². The van der Waals surface area contributed by atoms with Crippen LogP contribution in [0.15, 0.2) is 35.4 Å². The van der Waals surface area contributed by atoms with Crippen LogP contribution in [0.5, 0.6) is 0 Å². The lowest BCUT2D eigenvalue weighted by Gasteiger charge is -2.09. The molecule has 3 aromatic heterocycles. The van der Waals surface area contributed by atoms with E-state index < -0.39 is 0 Å². The van der Waals surface area contributed by atoms with Gasteiger partial charge in [0.25, 0.3) is 11.5 Å². The number of anilines is 3. The summed E-state index contributed by atoms with van der Waals surface area (Å²) in [6, 6.07) is 5.33. The summed E-state index contributed by atoms with van der Waals surface area (Å²) < 4.78 is 1.56. The highest BCUT2D eigenvalue weighted by Crippen LogP contribution is 2.23. The predicted molar refractivity (Wildman–Crippen MR) is 121 cm³/mol. The molecule has 0 spiro atoms. The number of aromatic amines is 1. The lowest BCUT2D eigenvalue weighted by Crippen LogP contribution is -2.25. The second-order valence-electron chi connectivity index (χ2n) is 7.98. The maximum absolute atomic E-state index is 12.4. The molecule has 164 valence electrons. The van der Waals surface area contributed by atoms with Crippen molar-refractivity contribution in [3.63, 3.8) is 0 Å². The first-order valence-electron chi connectivity index (χ1n) is 11.0. The van der Waals surface area contributed by atoms with Crippen molar-refractivity contribution in [3.05, 3.63) is 46.5 Å². The van der Waals surface area contributed by atoms with Crippen LogP contribution in [0.1, 0.15) is 61.7 Å². The van der Waals surface area contributed by atoms with Crippen molar-refractivity contribution in [2.45, 2.75) is 57.4 Å². The monoisotopic (exact) mass is 423 g/mol. The summed E-state index contributed by atoms with van der Waals surface area (Å²) in [7, 11) is 1.75. The number of carbonyl (C=O) groups is 1. The van der Waals surface area contributed by atoms with E-state index >= 15 is 0 Å². The van der Waals surface area contributed by atoms with Crippen LogP contribution in [0.2, 0.25) is 0 Å². The summed E-state index contributed by atoms with van der Waals surface area (Å²) in [4.78, 5) is 31.3. The molecular weight excluding hydrogens is 394 g/mol. The van der Waals surface area contributed by atoms with E-state index in [0.29, 0.717) is 28.5 Å². The molecular formula is C22H29N7O2. The van der Waals surface area contributed by atoms with Crippen molar-refractivity contribution in [2.24, 2.45) is 0 Å². The van der Waals surface area contributed by atoms with Crippen molar-refractivity contribution < 1.29 is 4.79 Å². The molecule has 2 aliphatic rings. The standard InChI is InChI=1S/C16H17N7O2.C6H12/c1-17-13-7-12(21-11-3-2-6-18-16(11)25)22-14-10(8-19-23(13)14)15(24)20-9-4-5-9;1-2-4-6-5-3-1/h2-3,6-9,17H,4-5H2,1H3,(H,18,25)(H,20,24)(H,21,22);1-6H2. The SMILES string of the molecule is C1CCCCC1.CNc1cc(Nc2ccc[nH]c2=O)nc2c(C(=O)NC3CC3)cnn12. The largest absolute Gasteiger partial charge is 0.373 e. The van der Waals surface area contributed by atoms with Gasteiger partial charge in [-0.2, -0.15) is 9.61 Å². The van der Waals surface area contributed by atoms with Gasteiger partial charge in [0.1, 0.15) is 22.9 Å². The van der Waals surface area contributed by atoms with E-state index in [-0.39, 0.29) is 17.5 Å². The van der Waals surface area contributed by atoms with Crippen LogP contribution in [0.4, 0.5) is 17.3 Å². The molecule has 31 heavy (non-hydrogen) atoms. The molecule has 9 nitrogen and oxygen atoms in total. The molecule has 5 rings (SSSR count). The molecule has 0 aromatic carbocycles. The molecule has 0 saturated heterocycles. The summed E-state index contributed by atoms with van der Waals surface area (Å²) in [5.41, 5.74) is 0.925. The van der Waals surface area contributed by atoms with Crippen molar-refractivity contribution in [1.29, 1.82) is 0 Å². The van der Waals surface area contributed by atoms with Crippen LogP contribution >= 0.6 is 0 Å². The molecule has 0 atom stereocenters. The van der Waals surface area contributed by atoms with E-state index in [2.05, 4.69) is 31.0 Å². The summed E-state index contributed by atoms with van der Waals surface area (Å²) in [6.07, 6.45) is 14.1. The van der Waals surface area contributed by atoms with Gasteiger partial charge in [-0.05, 0) is 25.0 Å². The topological polar surface area (TPSA) is 116 Å².